The Morgan fingerprint density at radius 1 is 1.09 bits per heavy atom. The second-order valence-corrected chi connectivity index (χ2v) is 7.73. The van der Waals surface area contributed by atoms with Gasteiger partial charge in [-0.2, -0.15) is 9.98 Å². The summed E-state index contributed by atoms with van der Waals surface area (Å²) in [6.45, 7) is 4.15. The van der Waals surface area contributed by atoms with Gasteiger partial charge in [0.05, 0.1) is 5.71 Å². The van der Waals surface area contributed by atoms with Gasteiger partial charge < -0.3 is 14.3 Å². The number of allylic oxidation sites excluding steroid dienone is 3. The molecule has 1 atom stereocenters. The van der Waals surface area contributed by atoms with E-state index in [0.717, 1.165) is 5.56 Å². The molecule has 32 heavy (non-hydrogen) atoms. The number of guanidine groups is 1. The third-order valence-electron chi connectivity index (χ3n) is 5.72. The molecule has 1 aromatic carbocycles. The first kappa shape index (κ1) is 20.0. The molecule has 1 aromatic heterocycles. The number of hydrogen-bond acceptors (Lipinski definition) is 7. The Balaban J connectivity index is 1.22. The summed E-state index contributed by atoms with van der Waals surface area (Å²) in [5.74, 6) is 0.923. The standard InChI is InChI=1S/C23H22N6O3/c1-2-19-25-20(27-32-19)15-7-9-16(10-8-15)22(31)28-11-13-29(14-12-28)23-24-18-6-4-3-5-17(18)21(30)26-23/h3-10,17H,2,11-14H2,1H3. The average molecular weight is 430 g/mol. The van der Waals surface area contributed by atoms with Crippen molar-refractivity contribution in [2.45, 2.75) is 13.3 Å². The van der Waals surface area contributed by atoms with Gasteiger partial charge in [0.15, 0.2) is 0 Å². The van der Waals surface area contributed by atoms with Crippen LogP contribution in [0.15, 0.2) is 63.1 Å². The van der Waals surface area contributed by atoms with Crippen molar-refractivity contribution in [3.8, 4) is 11.4 Å². The molecule has 2 aromatic rings. The maximum Gasteiger partial charge on any atom is 0.261 e. The monoisotopic (exact) mass is 430 g/mol. The van der Waals surface area contributed by atoms with Gasteiger partial charge in [0, 0.05) is 43.7 Å². The molecule has 0 bridgehead atoms. The van der Waals surface area contributed by atoms with Crippen LogP contribution in [0.2, 0.25) is 0 Å². The molecule has 1 aliphatic carbocycles. The zero-order chi connectivity index (χ0) is 22.1. The summed E-state index contributed by atoms with van der Waals surface area (Å²) in [5, 5.41) is 3.96. The number of hydrogen-bond donors (Lipinski definition) is 0. The van der Waals surface area contributed by atoms with E-state index >= 15 is 0 Å². The van der Waals surface area contributed by atoms with E-state index in [-0.39, 0.29) is 17.7 Å². The molecule has 2 aliphatic heterocycles. The van der Waals surface area contributed by atoms with E-state index in [1.165, 1.54) is 0 Å². The molecule has 9 nitrogen and oxygen atoms in total. The Bertz CT molecular complexity index is 1170. The molecular formula is C23H22N6O3. The van der Waals surface area contributed by atoms with Gasteiger partial charge in [-0.05, 0) is 18.2 Å². The van der Waals surface area contributed by atoms with Crippen LogP contribution < -0.4 is 0 Å². The number of benzene rings is 1. The lowest BCUT2D eigenvalue weighted by Gasteiger charge is -2.36. The molecule has 162 valence electrons. The molecule has 2 amide bonds. The minimum atomic E-state index is -0.379. The highest BCUT2D eigenvalue weighted by molar-refractivity contribution is 6.21. The molecule has 3 heterocycles. The lowest BCUT2D eigenvalue weighted by atomic mass is 9.97. The number of aromatic nitrogens is 2. The van der Waals surface area contributed by atoms with Gasteiger partial charge in [0.25, 0.3) is 11.8 Å². The van der Waals surface area contributed by atoms with Gasteiger partial charge in [0.1, 0.15) is 5.92 Å². The first-order chi connectivity index (χ1) is 15.6. The Morgan fingerprint density at radius 3 is 2.59 bits per heavy atom. The summed E-state index contributed by atoms with van der Waals surface area (Å²) < 4.78 is 5.15. The van der Waals surface area contributed by atoms with E-state index in [4.69, 9.17) is 4.52 Å². The van der Waals surface area contributed by atoms with Crippen molar-refractivity contribution < 1.29 is 14.1 Å². The van der Waals surface area contributed by atoms with Gasteiger partial charge in [-0.25, -0.2) is 4.99 Å². The number of amides is 2. The fraction of sp³-hybridized carbons (Fsp3) is 0.304. The van der Waals surface area contributed by atoms with E-state index in [0.29, 0.717) is 61.5 Å². The minimum Gasteiger partial charge on any atom is -0.339 e. The normalized spacial score (nSPS) is 20.2. The predicted octanol–water partition coefficient (Wildman–Crippen LogP) is 2.14. The molecule has 5 rings (SSSR count). The minimum absolute atomic E-state index is 0.0352. The molecule has 3 aliphatic rings. The zero-order valence-electron chi connectivity index (χ0n) is 17.6. The van der Waals surface area contributed by atoms with Crippen molar-refractivity contribution in [3.05, 3.63) is 60.0 Å². The summed E-state index contributed by atoms with van der Waals surface area (Å²) in [4.78, 5) is 42.1. The number of aryl methyl sites for hydroxylation is 1. The molecule has 1 fully saturated rings. The first-order valence-corrected chi connectivity index (χ1v) is 10.7. The fourth-order valence-corrected chi connectivity index (χ4v) is 3.87. The lowest BCUT2D eigenvalue weighted by Crippen LogP contribution is -2.51. The number of carbonyl (C=O) groups is 2. The van der Waals surface area contributed by atoms with Crippen LogP contribution in [-0.2, 0) is 11.2 Å². The van der Waals surface area contributed by atoms with Crippen molar-refractivity contribution in [2.75, 3.05) is 26.2 Å². The van der Waals surface area contributed by atoms with E-state index in [1.807, 2.05) is 48.3 Å². The molecule has 1 saturated heterocycles. The Labute approximate surface area is 184 Å². The number of aliphatic imine (C=N–C) groups is 2. The zero-order valence-corrected chi connectivity index (χ0v) is 17.6. The van der Waals surface area contributed by atoms with Gasteiger partial charge in [-0.15, -0.1) is 0 Å². The number of fused-ring (bicyclic) bond motifs is 1. The largest absolute Gasteiger partial charge is 0.339 e. The van der Waals surface area contributed by atoms with E-state index in [1.54, 1.807) is 17.0 Å². The van der Waals surface area contributed by atoms with Gasteiger partial charge >= 0.3 is 0 Å². The van der Waals surface area contributed by atoms with Crippen LogP contribution in [-0.4, -0.2) is 69.6 Å². The van der Waals surface area contributed by atoms with E-state index < -0.39 is 0 Å². The predicted molar refractivity (Wildman–Crippen MR) is 118 cm³/mol. The number of carbonyl (C=O) groups excluding carboxylic acids is 2. The van der Waals surface area contributed by atoms with Crippen LogP contribution in [0.25, 0.3) is 11.4 Å². The van der Waals surface area contributed by atoms with Crippen LogP contribution in [0, 0.1) is 5.92 Å². The summed E-state index contributed by atoms with van der Waals surface area (Å²) in [5.41, 5.74) is 2.13. The van der Waals surface area contributed by atoms with Crippen molar-refractivity contribution in [2.24, 2.45) is 15.9 Å². The van der Waals surface area contributed by atoms with Crippen LogP contribution in [0.3, 0.4) is 0 Å². The van der Waals surface area contributed by atoms with Crippen LogP contribution in [0.1, 0.15) is 23.2 Å². The third kappa shape index (κ3) is 3.77. The van der Waals surface area contributed by atoms with E-state index in [9.17, 15) is 9.59 Å². The quantitative estimate of drug-likeness (QED) is 0.739. The van der Waals surface area contributed by atoms with Crippen molar-refractivity contribution in [3.63, 3.8) is 0 Å². The molecule has 0 radical (unpaired) electrons. The number of piperazine rings is 1. The third-order valence-corrected chi connectivity index (χ3v) is 5.72. The van der Waals surface area contributed by atoms with E-state index in [2.05, 4.69) is 20.1 Å². The first-order valence-electron chi connectivity index (χ1n) is 10.7. The SMILES string of the molecule is CCc1nc(-c2ccc(C(=O)N3CCN(C4=NC(=O)C5C=CC=CC5=N4)CC3)cc2)no1. The van der Waals surface area contributed by atoms with Gasteiger partial charge in [0.2, 0.25) is 17.7 Å². The highest BCUT2D eigenvalue weighted by Crippen LogP contribution is 2.20. The van der Waals surface area contributed by atoms with Crippen LogP contribution in [0.5, 0.6) is 0 Å². The molecule has 0 saturated carbocycles. The van der Waals surface area contributed by atoms with Crippen molar-refractivity contribution >= 4 is 23.5 Å². The Kier molecular flexibility index (Phi) is 5.22. The fourth-order valence-electron chi connectivity index (χ4n) is 3.87. The second-order valence-electron chi connectivity index (χ2n) is 7.73. The molecule has 9 heteroatoms. The van der Waals surface area contributed by atoms with Gasteiger partial charge in [-0.1, -0.05) is 42.4 Å². The van der Waals surface area contributed by atoms with Crippen molar-refractivity contribution in [1.82, 2.24) is 19.9 Å². The molecule has 0 N–H and O–H groups in total. The maximum absolute atomic E-state index is 12.9. The summed E-state index contributed by atoms with van der Waals surface area (Å²) in [7, 11) is 0. The Morgan fingerprint density at radius 2 is 1.88 bits per heavy atom. The summed E-state index contributed by atoms with van der Waals surface area (Å²) in [6.07, 6.45) is 8.04. The maximum atomic E-state index is 12.9. The smallest absolute Gasteiger partial charge is 0.261 e. The second kappa shape index (κ2) is 8.33. The van der Waals surface area contributed by atoms with Crippen LogP contribution in [0.4, 0.5) is 0 Å². The summed E-state index contributed by atoms with van der Waals surface area (Å²) in [6, 6.07) is 7.22. The number of rotatable bonds is 3. The lowest BCUT2D eigenvalue weighted by molar-refractivity contribution is -0.118. The van der Waals surface area contributed by atoms with Gasteiger partial charge in [-0.3, -0.25) is 9.59 Å². The average Bonchev–Trinajstić information content (AvgIpc) is 3.33. The molecule has 0 spiro atoms. The summed E-state index contributed by atoms with van der Waals surface area (Å²) >= 11 is 0. The highest BCUT2D eigenvalue weighted by atomic mass is 16.5. The number of nitrogens with zero attached hydrogens (tertiary/aromatic N) is 6. The highest BCUT2D eigenvalue weighted by Gasteiger charge is 2.30. The topological polar surface area (TPSA) is 104 Å². The molecule has 1 unspecified atom stereocenters. The Hall–Kier alpha value is -3.88. The van der Waals surface area contributed by atoms with Crippen molar-refractivity contribution in [1.29, 1.82) is 0 Å². The molecular weight excluding hydrogens is 408 g/mol. The van der Waals surface area contributed by atoms with Crippen LogP contribution >= 0.6 is 0 Å².